The van der Waals surface area contributed by atoms with E-state index in [4.69, 9.17) is 0 Å². The van der Waals surface area contributed by atoms with E-state index in [-0.39, 0.29) is 5.91 Å². The molecule has 0 spiro atoms. The van der Waals surface area contributed by atoms with Crippen molar-refractivity contribution in [3.8, 4) is 11.3 Å². The zero-order chi connectivity index (χ0) is 15.5. The van der Waals surface area contributed by atoms with Crippen LogP contribution in [-0.4, -0.2) is 43.9 Å². The molecule has 0 unspecified atom stereocenters. The maximum Gasteiger partial charge on any atom is 0.257 e. The maximum atomic E-state index is 12.8. The van der Waals surface area contributed by atoms with Gasteiger partial charge in [0.2, 0.25) is 0 Å². The lowest BCUT2D eigenvalue weighted by Crippen LogP contribution is -2.38. The average Bonchev–Trinajstić information content (AvgIpc) is 3.22. The molecule has 2 heterocycles. The van der Waals surface area contributed by atoms with Crippen molar-refractivity contribution in [3.05, 3.63) is 24.2 Å². The van der Waals surface area contributed by atoms with E-state index in [9.17, 15) is 4.79 Å². The molecule has 0 atom stereocenters. The predicted octanol–water partition coefficient (Wildman–Crippen LogP) is 2.70. The molecule has 0 radical (unpaired) electrons. The molecule has 3 rings (SSSR count). The van der Waals surface area contributed by atoms with E-state index in [2.05, 4.69) is 15.3 Å². The van der Waals surface area contributed by atoms with Gasteiger partial charge in [-0.05, 0) is 19.8 Å². The Bertz CT molecular complexity index is 639. The highest BCUT2D eigenvalue weighted by Crippen LogP contribution is 2.26. The van der Waals surface area contributed by atoms with Crippen molar-refractivity contribution in [3.63, 3.8) is 0 Å². The Labute approximate surface area is 130 Å². The normalized spacial score (nSPS) is 15.9. The summed E-state index contributed by atoms with van der Waals surface area (Å²) in [5.41, 5.74) is 2.29. The van der Waals surface area contributed by atoms with Crippen LogP contribution in [0, 0.1) is 0 Å². The quantitative estimate of drug-likeness (QED) is 0.944. The highest BCUT2D eigenvalue weighted by atomic mass is 16.2. The Morgan fingerprint density at radius 1 is 1.36 bits per heavy atom. The standard InChI is InChI=1S/C16H23N5O/c1-3-21-11-12(9-18-21)15-14(10-17-19-15)16(22)20(2)13-7-5-4-6-8-13/h9-11,13H,3-8H2,1-2H3,(H,17,19). The SMILES string of the molecule is CCn1cc(-c2[nH]ncc2C(=O)N(C)C2CCCCC2)cn1. The number of aromatic amines is 1. The minimum absolute atomic E-state index is 0.0416. The van der Waals surface area contributed by atoms with Crippen LogP contribution < -0.4 is 0 Å². The lowest BCUT2D eigenvalue weighted by molar-refractivity contribution is 0.0697. The molecule has 6 nitrogen and oxygen atoms in total. The van der Waals surface area contributed by atoms with E-state index in [1.807, 2.05) is 29.7 Å². The van der Waals surface area contributed by atoms with Gasteiger partial charge in [-0.15, -0.1) is 0 Å². The van der Waals surface area contributed by atoms with Gasteiger partial charge in [-0.1, -0.05) is 19.3 Å². The number of carbonyl (C=O) groups excluding carboxylic acids is 1. The second-order valence-electron chi connectivity index (χ2n) is 5.95. The Hall–Kier alpha value is -2.11. The minimum atomic E-state index is 0.0416. The van der Waals surface area contributed by atoms with Gasteiger partial charge >= 0.3 is 0 Å². The third-order valence-electron chi connectivity index (χ3n) is 4.56. The number of H-pyrrole nitrogens is 1. The molecule has 0 saturated heterocycles. The first-order valence-electron chi connectivity index (χ1n) is 8.04. The van der Waals surface area contributed by atoms with E-state index in [1.54, 1.807) is 12.4 Å². The summed E-state index contributed by atoms with van der Waals surface area (Å²) in [4.78, 5) is 14.7. The van der Waals surface area contributed by atoms with Crippen molar-refractivity contribution in [2.45, 2.75) is 51.6 Å². The van der Waals surface area contributed by atoms with E-state index in [0.29, 0.717) is 11.6 Å². The maximum absolute atomic E-state index is 12.8. The van der Waals surface area contributed by atoms with Gasteiger partial charge in [0.1, 0.15) is 0 Å². The molecule has 6 heteroatoms. The van der Waals surface area contributed by atoms with Crippen LogP contribution >= 0.6 is 0 Å². The molecule has 1 fully saturated rings. The fourth-order valence-electron chi connectivity index (χ4n) is 3.16. The Morgan fingerprint density at radius 3 is 2.82 bits per heavy atom. The number of rotatable bonds is 4. The number of hydrogen-bond donors (Lipinski definition) is 1. The summed E-state index contributed by atoms with van der Waals surface area (Å²) < 4.78 is 1.84. The molecule has 1 amide bonds. The van der Waals surface area contributed by atoms with Crippen LogP contribution in [0.4, 0.5) is 0 Å². The molecule has 22 heavy (non-hydrogen) atoms. The topological polar surface area (TPSA) is 66.8 Å². The van der Waals surface area contributed by atoms with E-state index in [1.165, 1.54) is 19.3 Å². The van der Waals surface area contributed by atoms with Gasteiger partial charge in [0.25, 0.3) is 5.91 Å². The average molecular weight is 301 g/mol. The van der Waals surface area contributed by atoms with Gasteiger partial charge in [-0.2, -0.15) is 10.2 Å². The van der Waals surface area contributed by atoms with Gasteiger partial charge in [0, 0.05) is 31.4 Å². The Balaban J connectivity index is 1.82. The fraction of sp³-hybridized carbons (Fsp3) is 0.562. The number of aryl methyl sites for hydroxylation is 1. The van der Waals surface area contributed by atoms with Crippen LogP contribution in [0.15, 0.2) is 18.6 Å². The summed E-state index contributed by atoms with van der Waals surface area (Å²) in [7, 11) is 1.91. The highest BCUT2D eigenvalue weighted by Gasteiger charge is 2.26. The first-order valence-corrected chi connectivity index (χ1v) is 8.04. The molecular weight excluding hydrogens is 278 g/mol. The van der Waals surface area contributed by atoms with Gasteiger partial charge in [-0.3, -0.25) is 14.6 Å². The summed E-state index contributed by atoms with van der Waals surface area (Å²) in [6.45, 7) is 2.84. The molecule has 1 aliphatic carbocycles. The first kappa shape index (κ1) is 14.8. The van der Waals surface area contributed by atoms with Crippen molar-refractivity contribution in [1.29, 1.82) is 0 Å². The minimum Gasteiger partial charge on any atom is -0.339 e. The zero-order valence-corrected chi connectivity index (χ0v) is 13.2. The molecule has 1 N–H and O–H groups in total. The fourth-order valence-corrected chi connectivity index (χ4v) is 3.16. The van der Waals surface area contributed by atoms with Crippen molar-refractivity contribution in [2.24, 2.45) is 0 Å². The summed E-state index contributed by atoms with van der Waals surface area (Å²) in [6, 6.07) is 0.349. The molecule has 0 bridgehead atoms. The number of nitrogens with one attached hydrogen (secondary N) is 1. The number of aromatic nitrogens is 4. The molecular formula is C16H23N5O. The van der Waals surface area contributed by atoms with Gasteiger partial charge in [-0.25, -0.2) is 0 Å². The molecule has 2 aromatic rings. The summed E-state index contributed by atoms with van der Waals surface area (Å²) in [5.74, 6) is 0.0416. The van der Waals surface area contributed by atoms with Crippen LogP contribution in [0.5, 0.6) is 0 Å². The smallest absolute Gasteiger partial charge is 0.257 e. The van der Waals surface area contributed by atoms with Crippen molar-refractivity contribution < 1.29 is 4.79 Å². The van der Waals surface area contributed by atoms with Gasteiger partial charge in [0.15, 0.2) is 0 Å². The Morgan fingerprint density at radius 2 is 2.14 bits per heavy atom. The lowest BCUT2D eigenvalue weighted by Gasteiger charge is -2.31. The third-order valence-corrected chi connectivity index (χ3v) is 4.56. The van der Waals surface area contributed by atoms with Crippen molar-refractivity contribution in [2.75, 3.05) is 7.05 Å². The Kier molecular flexibility index (Phi) is 4.27. The molecule has 118 valence electrons. The van der Waals surface area contributed by atoms with Crippen molar-refractivity contribution >= 4 is 5.91 Å². The molecule has 0 aromatic carbocycles. The van der Waals surface area contributed by atoms with Crippen LogP contribution in [0.2, 0.25) is 0 Å². The molecule has 1 saturated carbocycles. The zero-order valence-electron chi connectivity index (χ0n) is 13.2. The monoisotopic (exact) mass is 301 g/mol. The van der Waals surface area contributed by atoms with E-state index >= 15 is 0 Å². The third kappa shape index (κ3) is 2.77. The summed E-state index contributed by atoms with van der Waals surface area (Å²) in [5, 5.41) is 11.3. The van der Waals surface area contributed by atoms with Gasteiger partial charge in [0.05, 0.1) is 23.7 Å². The first-order chi connectivity index (χ1) is 10.7. The predicted molar refractivity (Wildman–Crippen MR) is 84.4 cm³/mol. The van der Waals surface area contributed by atoms with Crippen molar-refractivity contribution in [1.82, 2.24) is 24.9 Å². The van der Waals surface area contributed by atoms with E-state index < -0.39 is 0 Å². The summed E-state index contributed by atoms with van der Waals surface area (Å²) in [6.07, 6.45) is 11.2. The van der Waals surface area contributed by atoms with E-state index in [0.717, 1.165) is 30.6 Å². The molecule has 0 aliphatic heterocycles. The molecule has 1 aliphatic rings. The highest BCUT2D eigenvalue weighted by molar-refractivity contribution is 5.99. The van der Waals surface area contributed by atoms with Crippen LogP contribution in [-0.2, 0) is 6.54 Å². The lowest BCUT2D eigenvalue weighted by atomic mass is 9.94. The number of amides is 1. The number of nitrogens with zero attached hydrogens (tertiary/aromatic N) is 4. The van der Waals surface area contributed by atoms with Gasteiger partial charge < -0.3 is 4.90 Å². The summed E-state index contributed by atoms with van der Waals surface area (Å²) >= 11 is 0. The second kappa shape index (κ2) is 6.34. The molecule has 2 aromatic heterocycles. The number of carbonyl (C=O) groups is 1. The second-order valence-corrected chi connectivity index (χ2v) is 5.95. The van der Waals surface area contributed by atoms with Crippen LogP contribution in [0.1, 0.15) is 49.4 Å². The van der Waals surface area contributed by atoms with Crippen LogP contribution in [0.25, 0.3) is 11.3 Å². The van der Waals surface area contributed by atoms with Crippen LogP contribution in [0.3, 0.4) is 0 Å². The largest absolute Gasteiger partial charge is 0.339 e. The number of hydrogen-bond acceptors (Lipinski definition) is 3.